The van der Waals surface area contributed by atoms with Crippen molar-refractivity contribution < 1.29 is 14.3 Å². The Bertz CT molecular complexity index is 1590. The average Bonchev–Trinajstić information content (AvgIpc) is 3.38. The largest absolute Gasteiger partial charge is 0.486 e. The Morgan fingerprint density at radius 2 is 1.74 bits per heavy atom. The highest BCUT2D eigenvalue weighted by atomic mass is 35.5. The van der Waals surface area contributed by atoms with Crippen LogP contribution in [0, 0.1) is 0 Å². The number of ketones is 1. The Morgan fingerprint density at radius 3 is 2.56 bits per heavy atom. The highest BCUT2D eigenvalue weighted by molar-refractivity contribution is 7.98. The minimum atomic E-state index is -0.409. The first kappa shape index (κ1) is 24.3. The Kier molecular flexibility index (Phi) is 6.29. The number of hydrogen-bond donors (Lipinski definition) is 1. The quantitative estimate of drug-likeness (QED) is 0.284. The van der Waals surface area contributed by atoms with Gasteiger partial charge in [0.15, 0.2) is 17.3 Å². The third kappa shape index (κ3) is 4.68. The van der Waals surface area contributed by atoms with E-state index in [1.54, 1.807) is 11.8 Å². The number of allylic oxidation sites excluding steroid dienone is 2. The van der Waals surface area contributed by atoms with Crippen molar-refractivity contribution in [3.05, 3.63) is 106 Å². The zero-order valence-corrected chi connectivity index (χ0v) is 22.5. The molecule has 39 heavy (non-hydrogen) atoms. The second-order valence-electron chi connectivity index (χ2n) is 9.84. The molecular formula is C30H25ClN4O3S. The van der Waals surface area contributed by atoms with Crippen LogP contribution in [0.25, 0.3) is 0 Å². The molecule has 2 aliphatic heterocycles. The predicted molar refractivity (Wildman–Crippen MR) is 151 cm³/mol. The number of nitrogens with one attached hydrogen (secondary N) is 1. The van der Waals surface area contributed by atoms with Gasteiger partial charge in [0.25, 0.3) is 0 Å². The molecule has 0 saturated carbocycles. The van der Waals surface area contributed by atoms with E-state index >= 15 is 0 Å². The molecular weight excluding hydrogens is 532 g/mol. The molecule has 1 aliphatic carbocycles. The van der Waals surface area contributed by atoms with Crippen LogP contribution in [0.15, 0.2) is 89.2 Å². The maximum Gasteiger partial charge on any atom is 0.227 e. The van der Waals surface area contributed by atoms with Crippen LogP contribution >= 0.6 is 23.4 Å². The second kappa shape index (κ2) is 10.1. The van der Waals surface area contributed by atoms with E-state index in [-0.39, 0.29) is 11.7 Å². The molecule has 1 aromatic heterocycles. The van der Waals surface area contributed by atoms with E-state index in [9.17, 15) is 4.79 Å². The maximum absolute atomic E-state index is 13.8. The fraction of sp³-hybridized carbons (Fsp3) is 0.233. The number of carbonyl (C=O) groups excluding carboxylic acids is 1. The van der Waals surface area contributed by atoms with Gasteiger partial charge in [-0.25, -0.2) is 4.68 Å². The summed E-state index contributed by atoms with van der Waals surface area (Å²) in [6.45, 7) is 1.02. The molecule has 0 spiro atoms. The van der Waals surface area contributed by atoms with E-state index in [0.717, 1.165) is 28.8 Å². The summed E-state index contributed by atoms with van der Waals surface area (Å²) in [5, 5.41) is 9.71. The van der Waals surface area contributed by atoms with E-state index in [2.05, 4.69) is 17.4 Å². The van der Waals surface area contributed by atoms with Crippen LogP contribution < -0.4 is 14.8 Å². The molecule has 2 atom stereocenters. The van der Waals surface area contributed by atoms with Gasteiger partial charge in [-0.2, -0.15) is 4.98 Å². The van der Waals surface area contributed by atoms with E-state index in [1.165, 1.54) is 5.56 Å². The number of anilines is 1. The monoisotopic (exact) mass is 556 g/mol. The van der Waals surface area contributed by atoms with Gasteiger partial charge in [0.05, 0.1) is 0 Å². The second-order valence-corrected chi connectivity index (χ2v) is 11.2. The highest BCUT2D eigenvalue weighted by Crippen LogP contribution is 2.46. The molecule has 7 nitrogen and oxygen atoms in total. The van der Waals surface area contributed by atoms with Crippen molar-refractivity contribution in [2.45, 2.75) is 35.7 Å². The van der Waals surface area contributed by atoms with E-state index in [1.807, 2.05) is 65.3 Å². The van der Waals surface area contributed by atoms with Gasteiger partial charge in [0.1, 0.15) is 19.3 Å². The molecule has 3 aliphatic rings. The van der Waals surface area contributed by atoms with Crippen molar-refractivity contribution >= 4 is 35.1 Å². The number of halogens is 1. The maximum atomic E-state index is 13.8. The summed E-state index contributed by atoms with van der Waals surface area (Å²) in [6.07, 6.45) is 1.18. The van der Waals surface area contributed by atoms with Crippen molar-refractivity contribution in [1.29, 1.82) is 0 Å². The van der Waals surface area contributed by atoms with Gasteiger partial charge in [-0.15, -0.1) is 5.10 Å². The predicted octanol–water partition coefficient (Wildman–Crippen LogP) is 6.41. The lowest BCUT2D eigenvalue weighted by molar-refractivity contribution is -0.116. The van der Waals surface area contributed by atoms with E-state index < -0.39 is 6.04 Å². The number of benzene rings is 3. The number of Topliss-reactive ketones (excluding diaryl/α,β-unsaturated/α-hetero) is 1. The first-order valence-electron chi connectivity index (χ1n) is 12.9. The molecule has 4 aromatic rings. The normalized spacial score (nSPS) is 19.8. The zero-order valence-electron chi connectivity index (χ0n) is 21.0. The molecule has 0 radical (unpaired) electrons. The lowest BCUT2D eigenvalue weighted by Crippen LogP contribution is -2.33. The number of aromatic nitrogens is 3. The fourth-order valence-corrected chi connectivity index (χ4v) is 6.39. The van der Waals surface area contributed by atoms with Crippen LogP contribution in [0.2, 0.25) is 5.02 Å². The van der Waals surface area contributed by atoms with Crippen molar-refractivity contribution in [3.8, 4) is 11.5 Å². The Labute approximate surface area is 235 Å². The van der Waals surface area contributed by atoms with Crippen LogP contribution in [0.1, 0.15) is 41.5 Å². The molecule has 0 bridgehead atoms. The number of carbonyl (C=O) groups is 1. The van der Waals surface area contributed by atoms with Crippen molar-refractivity contribution in [1.82, 2.24) is 14.8 Å². The smallest absolute Gasteiger partial charge is 0.227 e. The van der Waals surface area contributed by atoms with Gasteiger partial charge < -0.3 is 14.8 Å². The van der Waals surface area contributed by atoms with Crippen LogP contribution in [-0.2, 0) is 10.5 Å². The molecule has 196 valence electrons. The summed E-state index contributed by atoms with van der Waals surface area (Å²) in [6, 6.07) is 23.5. The summed E-state index contributed by atoms with van der Waals surface area (Å²) >= 11 is 7.60. The molecule has 0 fully saturated rings. The first-order valence-corrected chi connectivity index (χ1v) is 14.3. The summed E-state index contributed by atoms with van der Waals surface area (Å²) in [4.78, 5) is 18.6. The molecule has 7 rings (SSSR count). The third-order valence-electron chi connectivity index (χ3n) is 7.33. The number of ether oxygens (including phenoxy) is 2. The molecule has 9 heteroatoms. The van der Waals surface area contributed by atoms with Gasteiger partial charge >= 0.3 is 0 Å². The summed E-state index contributed by atoms with van der Waals surface area (Å²) in [7, 11) is 0. The Balaban J connectivity index is 1.26. The fourth-order valence-electron chi connectivity index (χ4n) is 5.48. The molecule has 0 saturated heterocycles. The number of nitrogens with zero attached hydrogens (tertiary/aromatic N) is 3. The van der Waals surface area contributed by atoms with Crippen molar-refractivity contribution in [2.24, 2.45) is 0 Å². The highest BCUT2D eigenvalue weighted by Gasteiger charge is 2.40. The van der Waals surface area contributed by atoms with Gasteiger partial charge in [-0.3, -0.25) is 4.79 Å². The van der Waals surface area contributed by atoms with Gasteiger partial charge in [-0.05, 0) is 53.3 Å². The van der Waals surface area contributed by atoms with Crippen molar-refractivity contribution in [2.75, 3.05) is 18.5 Å². The third-order valence-corrected chi connectivity index (χ3v) is 8.50. The van der Waals surface area contributed by atoms with E-state index in [0.29, 0.717) is 53.0 Å². The Morgan fingerprint density at radius 1 is 0.949 bits per heavy atom. The molecule has 1 N–H and O–H groups in total. The molecule has 0 amide bonds. The van der Waals surface area contributed by atoms with Crippen molar-refractivity contribution in [3.63, 3.8) is 0 Å². The minimum Gasteiger partial charge on any atom is -0.486 e. The van der Waals surface area contributed by atoms with Crippen LogP contribution in [0.3, 0.4) is 0 Å². The summed E-state index contributed by atoms with van der Waals surface area (Å²) in [5.74, 6) is 2.97. The standard InChI is InChI=1S/C30H25ClN4O3S/c31-22-9-6-18(7-10-22)17-39-30-33-29-32-23-14-21(19-4-2-1-3-5-19)15-24(36)27(23)28(35(29)34-30)20-8-11-25-26(16-20)38-13-12-37-25/h1-11,16,21,28H,12-15,17H2,(H,32,33,34). The van der Waals surface area contributed by atoms with Gasteiger partial charge in [0.2, 0.25) is 11.1 Å². The number of hydrogen-bond acceptors (Lipinski definition) is 7. The summed E-state index contributed by atoms with van der Waals surface area (Å²) < 4.78 is 13.5. The SMILES string of the molecule is O=C1CC(c2ccccc2)CC2=C1C(c1ccc3c(c1)OCCO3)n1nc(SCc3ccc(Cl)cc3)nc1N2. The van der Waals surface area contributed by atoms with Crippen LogP contribution in [-0.4, -0.2) is 33.8 Å². The number of fused-ring (bicyclic) bond motifs is 2. The van der Waals surface area contributed by atoms with Gasteiger partial charge in [0, 0.05) is 28.5 Å². The van der Waals surface area contributed by atoms with E-state index in [4.69, 9.17) is 31.2 Å². The average molecular weight is 557 g/mol. The van der Waals surface area contributed by atoms with Crippen LogP contribution in [0.4, 0.5) is 5.95 Å². The van der Waals surface area contributed by atoms with Crippen LogP contribution in [0.5, 0.6) is 11.5 Å². The molecule has 3 heterocycles. The molecule has 2 unspecified atom stereocenters. The first-order chi connectivity index (χ1) is 19.1. The molecule has 3 aromatic carbocycles. The van der Waals surface area contributed by atoms with Gasteiger partial charge in [-0.1, -0.05) is 71.9 Å². The zero-order chi connectivity index (χ0) is 26.3. The summed E-state index contributed by atoms with van der Waals surface area (Å²) in [5.41, 5.74) is 4.87. The number of rotatable bonds is 5. The topological polar surface area (TPSA) is 78.3 Å². The number of thioether (sulfide) groups is 1. The lowest BCUT2D eigenvalue weighted by Gasteiger charge is -2.35. The minimum absolute atomic E-state index is 0.110. The lowest BCUT2D eigenvalue weighted by atomic mass is 9.78. The Hall–Kier alpha value is -3.75.